The molecule has 3 fully saturated rings. The van der Waals surface area contributed by atoms with E-state index in [1.807, 2.05) is 0 Å². The highest BCUT2D eigenvalue weighted by Crippen LogP contribution is 2.64. The zero-order chi connectivity index (χ0) is 21.5. The smallest absolute Gasteiger partial charge is 0.302 e. The lowest BCUT2D eigenvalue weighted by molar-refractivity contribution is -0.158. The lowest BCUT2D eigenvalue weighted by atomic mass is 9.47. The maximum Gasteiger partial charge on any atom is 0.302 e. The van der Waals surface area contributed by atoms with Crippen molar-refractivity contribution in [1.29, 1.82) is 0 Å². The fraction of sp³-hybridized carbons (Fsp3) is 0.818. The van der Waals surface area contributed by atoms with Gasteiger partial charge in [0.25, 0.3) is 10.0 Å². The Morgan fingerprint density at radius 2 is 1.90 bits per heavy atom. The van der Waals surface area contributed by atoms with E-state index < -0.39 is 10.0 Å². The molecule has 0 bridgehead atoms. The molecule has 1 N–H and O–H groups in total. The van der Waals surface area contributed by atoms with Crippen LogP contribution >= 0.6 is 0 Å². The van der Waals surface area contributed by atoms with E-state index in [1.165, 1.54) is 13.2 Å². The zero-order valence-electron chi connectivity index (χ0n) is 18.3. The molecule has 4 aliphatic rings. The Hall–Kier alpha value is -1.57. The van der Waals surface area contributed by atoms with Crippen molar-refractivity contribution in [1.82, 2.24) is 9.19 Å². The van der Waals surface area contributed by atoms with Gasteiger partial charge in [0.1, 0.15) is 11.9 Å². The molecule has 2 heterocycles. The van der Waals surface area contributed by atoms with Crippen molar-refractivity contribution in [3.8, 4) is 0 Å². The Bertz CT molecular complexity index is 989. The molecule has 0 radical (unpaired) electrons. The minimum Gasteiger partial charge on any atom is -0.462 e. The van der Waals surface area contributed by atoms with Crippen LogP contribution in [0.25, 0.3) is 0 Å². The number of nitrogens with zero attached hydrogens (tertiary/aromatic N) is 2. The number of aromatic nitrogens is 2. The van der Waals surface area contributed by atoms with Gasteiger partial charge in [-0.05, 0) is 68.1 Å². The number of nitrogens with one attached hydrogen (secondary N) is 1. The number of carbonyl (C=O) groups is 1. The second kappa shape index (κ2) is 6.47. The summed E-state index contributed by atoms with van der Waals surface area (Å²) in [5.74, 6) is 2.33. The summed E-state index contributed by atoms with van der Waals surface area (Å²) in [7, 11) is -3.42. The Morgan fingerprint density at radius 3 is 2.60 bits per heavy atom. The molecule has 166 valence electrons. The SMILES string of the molecule is CC(=O)O[C@H]1CC[C@H]2[C@@H]3CC[C@H]4Nc5c(cnn5S(C)(=O)=O)C[C@]4(C)[C@H]3CC[C@]12C. The second-order valence-electron chi connectivity index (χ2n) is 10.7. The normalized spacial score (nSPS) is 42.3. The molecular weight excluding hydrogens is 402 g/mol. The van der Waals surface area contributed by atoms with E-state index in [-0.39, 0.29) is 28.9 Å². The molecule has 3 aliphatic carbocycles. The van der Waals surface area contributed by atoms with Crippen molar-refractivity contribution in [3.05, 3.63) is 11.8 Å². The molecule has 1 aliphatic heterocycles. The van der Waals surface area contributed by atoms with Gasteiger partial charge in [-0.2, -0.15) is 5.10 Å². The first-order valence-corrected chi connectivity index (χ1v) is 13.1. The quantitative estimate of drug-likeness (QED) is 0.718. The molecule has 30 heavy (non-hydrogen) atoms. The van der Waals surface area contributed by atoms with Gasteiger partial charge in [0.05, 0.1) is 12.5 Å². The van der Waals surface area contributed by atoms with Crippen LogP contribution in [0, 0.1) is 28.6 Å². The molecule has 0 spiro atoms. The van der Waals surface area contributed by atoms with Crippen LogP contribution < -0.4 is 5.32 Å². The molecule has 0 unspecified atom stereocenters. The average Bonchev–Trinajstić information content (AvgIpc) is 3.19. The average molecular weight is 436 g/mol. The third kappa shape index (κ3) is 2.78. The van der Waals surface area contributed by atoms with Crippen molar-refractivity contribution < 1.29 is 17.9 Å². The van der Waals surface area contributed by atoms with Gasteiger partial charge < -0.3 is 10.1 Å². The first-order chi connectivity index (χ1) is 14.0. The molecule has 1 aromatic rings. The van der Waals surface area contributed by atoms with Crippen LogP contribution in [0.5, 0.6) is 0 Å². The molecule has 0 amide bonds. The summed E-state index contributed by atoms with van der Waals surface area (Å²) < 4.78 is 31.2. The van der Waals surface area contributed by atoms with E-state index in [0.717, 1.165) is 54.6 Å². The van der Waals surface area contributed by atoms with E-state index in [4.69, 9.17) is 4.74 Å². The van der Waals surface area contributed by atoms with Gasteiger partial charge in [0.2, 0.25) is 0 Å². The van der Waals surface area contributed by atoms with Crippen LogP contribution in [-0.4, -0.2) is 42.0 Å². The first-order valence-electron chi connectivity index (χ1n) is 11.3. The van der Waals surface area contributed by atoms with E-state index in [2.05, 4.69) is 24.3 Å². The number of anilines is 1. The topological polar surface area (TPSA) is 90.3 Å². The van der Waals surface area contributed by atoms with Crippen LogP contribution in [0.1, 0.15) is 64.9 Å². The van der Waals surface area contributed by atoms with Crippen LogP contribution in [0.3, 0.4) is 0 Å². The Morgan fingerprint density at radius 1 is 1.17 bits per heavy atom. The molecule has 7 atom stereocenters. The molecule has 0 aromatic carbocycles. The molecule has 0 saturated heterocycles. The molecule has 3 saturated carbocycles. The molecule has 7 nitrogen and oxygen atoms in total. The number of fused-ring (bicyclic) bond motifs is 6. The summed E-state index contributed by atoms with van der Waals surface area (Å²) in [6.45, 7) is 6.26. The molecule has 1 aromatic heterocycles. The zero-order valence-corrected chi connectivity index (χ0v) is 19.2. The van der Waals surface area contributed by atoms with Crippen LogP contribution in [-0.2, 0) is 26.0 Å². The van der Waals surface area contributed by atoms with Crippen molar-refractivity contribution in [3.63, 3.8) is 0 Å². The lowest BCUT2D eigenvalue weighted by Crippen LogP contribution is -2.58. The van der Waals surface area contributed by atoms with E-state index >= 15 is 0 Å². The third-order valence-corrected chi connectivity index (χ3v) is 10.0. The van der Waals surface area contributed by atoms with E-state index in [1.54, 1.807) is 6.20 Å². The predicted molar refractivity (Wildman–Crippen MR) is 114 cm³/mol. The maximum absolute atomic E-state index is 12.1. The Labute approximate surface area is 179 Å². The molecular formula is C22H33N3O4S. The van der Waals surface area contributed by atoms with Gasteiger partial charge in [-0.15, -0.1) is 4.09 Å². The van der Waals surface area contributed by atoms with Crippen molar-refractivity contribution >= 4 is 21.8 Å². The fourth-order valence-corrected chi connectivity index (χ4v) is 8.48. The number of ether oxygens (including phenoxy) is 1. The minimum absolute atomic E-state index is 0.0514. The highest BCUT2D eigenvalue weighted by Gasteiger charge is 2.61. The van der Waals surface area contributed by atoms with Crippen LogP contribution in [0.15, 0.2) is 6.20 Å². The summed E-state index contributed by atoms with van der Waals surface area (Å²) in [6.07, 6.45) is 10.4. The Balaban J connectivity index is 1.45. The predicted octanol–water partition coefficient (Wildman–Crippen LogP) is 3.20. The number of carbonyl (C=O) groups excluding carboxylic acids is 1. The molecule has 8 heteroatoms. The third-order valence-electron chi connectivity index (χ3n) is 9.10. The standard InChI is InChI=1S/C22H33N3O4S/c1-13(26)29-19-8-6-16-15-5-7-18-22(3,17(15)9-10-21(16,19)2)11-14-12-23-25(20(14)24-18)30(4,27)28/h12,15-19,24H,5-11H2,1-4H3/t15-,16-,17-,18+,19-,21-,22+/m0/s1. The summed E-state index contributed by atoms with van der Waals surface area (Å²) in [6, 6.07) is 0.262. The van der Waals surface area contributed by atoms with E-state index in [0.29, 0.717) is 23.6 Å². The fourth-order valence-electron chi connectivity index (χ4n) is 7.76. The highest BCUT2D eigenvalue weighted by molar-refractivity contribution is 7.89. The summed E-state index contributed by atoms with van der Waals surface area (Å²) >= 11 is 0. The van der Waals surface area contributed by atoms with Crippen molar-refractivity contribution in [2.75, 3.05) is 11.6 Å². The lowest BCUT2D eigenvalue weighted by Gasteiger charge is -2.60. The minimum atomic E-state index is -3.42. The first kappa shape index (κ1) is 20.3. The summed E-state index contributed by atoms with van der Waals surface area (Å²) in [5, 5.41) is 7.77. The maximum atomic E-state index is 12.1. The summed E-state index contributed by atoms with van der Waals surface area (Å²) in [4.78, 5) is 11.6. The van der Waals surface area contributed by atoms with Crippen molar-refractivity contribution in [2.24, 2.45) is 28.6 Å². The van der Waals surface area contributed by atoms with E-state index in [9.17, 15) is 13.2 Å². The van der Waals surface area contributed by atoms with Crippen molar-refractivity contribution in [2.45, 2.75) is 77.9 Å². The van der Waals surface area contributed by atoms with Gasteiger partial charge in [-0.1, -0.05) is 13.8 Å². The number of hydrogen-bond donors (Lipinski definition) is 1. The summed E-state index contributed by atoms with van der Waals surface area (Å²) in [5.41, 5.74) is 1.18. The van der Waals surface area contributed by atoms with Crippen LogP contribution in [0.4, 0.5) is 5.82 Å². The van der Waals surface area contributed by atoms with Gasteiger partial charge >= 0.3 is 5.97 Å². The number of rotatable bonds is 2. The largest absolute Gasteiger partial charge is 0.462 e. The monoisotopic (exact) mass is 435 g/mol. The number of esters is 1. The molecule has 5 rings (SSSR count). The van der Waals surface area contributed by atoms with Gasteiger partial charge in [-0.3, -0.25) is 4.79 Å². The van der Waals surface area contributed by atoms with Gasteiger partial charge in [0, 0.05) is 23.9 Å². The number of hydrogen-bond acceptors (Lipinski definition) is 6. The highest BCUT2D eigenvalue weighted by atomic mass is 32.2. The second-order valence-corrected chi connectivity index (χ2v) is 12.5. The van der Waals surface area contributed by atoms with Gasteiger partial charge in [0.15, 0.2) is 0 Å². The van der Waals surface area contributed by atoms with Gasteiger partial charge in [-0.25, -0.2) is 8.42 Å². The Kier molecular flexibility index (Phi) is 4.38. The van der Waals surface area contributed by atoms with Crippen LogP contribution in [0.2, 0.25) is 0 Å².